The number of likely N-dealkylation sites (tertiary alicyclic amines) is 1. The Balaban J connectivity index is 1.75. The minimum atomic E-state index is -0.158. The van der Waals surface area contributed by atoms with E-state index in [1.807, 2.05) is 18.2 Å². The summed E-state index contributed by atoms with van der Waals surface area (Å²) in [5.74, 6) is 0.661. The van der Waals surface area contributed by atoms with E-state index < -0.39 is 0 Å². The summed E-state index contributed by atoms with van der Waals surface area (Å²) < 4.78 is 5.35. The van der Waals surface area contributed by atoms with Crippen LogP contribution in [-0.2, 0) is 0 Å². The molecule has 1 saturated heterocycles. The first-order valence-corrected chi connectivity index (χ1v) is 8.87. The van der Waals surface area contributed by atoms with Gasteiger partial charge in [0.2, 0.25) is 0 Å². The van der Waals surface area contributed by atoms with Gasteiger partial charge < -0.3 is 10.1 Å². The summed E-state index contributed by atoms with van der Waals surface area (Å²) >= 11 is 0. The molecule has 1 atom stereocenters. The summed E-state index contributed by atoms with van der Waals surface area (Å²) in [5.41, 5.74) is 2.13. The molecule has 5 heteroatoms. The summed E-state index contributed by atoms with van der Waals surface area (Å²) in [5, 5.41) is 12.0. The SMILES string of the molecule is COc1cccc(C(CNC(=O)c2cccc(C#N)c2)N2CCCC2)c1. The van der Waals surface area contributed by atoms with Gasteiger partial charge in [-0.3, -0.25) is 9.69 Å². The molecule has 2 aromatic rings. The van der Waals surface area contributed by atoms with Gasteiger partial charge in [0.1, 0.15) is 5.75 Å². The first-order chi connectivity index (χ1) is 12.7. The van der Waals surface area contributed by atoms with Gasteiger partial charge in [0.15, 0.2) is 0 Å². The summed E-state index contributed by atoms with van der Waals surface area (Å²) in [6.07, 6.45) is 2.36. The Kier molecular flexibility index (Phi) is 5.88. The molecule has 1 heterocycles. The molecule has 0 saturated carbocycles. The van der Waals surface area contributed by atoms with Crippen LogP contribution in [-0.4, -0.2) is 37.6 Å². The van der Waals surface area contributed by atoms with Crippen LogP contribution in [0.4, 0.5) is 0 Å². The van der Waals surface area contributed by atoms with Crippen LogP contribution in [0.15, 0.2) is 48.5 Å². The molecule has 1 N–H and O–H groups in total. The first kappa shape index (κ1) is 18.0. The summed E-state index contributed by atoms with van der Waals surface area (Å²) in [6, 6.07) is 17.0. The lowest BCUT2D eigenvalue weighted by atomic mass is 10.0. The van der Waals surface area contributed by atoms with Crippen molar-refractivity contribution in [3.63, 3.8) is 0 Å². The van der Waals surface area contributed by atoms with Crippen LogP contribution in [0, 0.1) is 11.3 Å². The van der Waals surface area contributed by atoms with Crippen LogP contribution in [0.3, 0.4) is 0 Å². The Morgan fingerprint density at radius 2 is 2.00 bits per heavy atom. The lowest BCUT2D eigenvalue weighted by Crippen LogP contribution is -2.36. The monoisotopic (exact) mass is 349 g/mol. The number of nitrogens with one attached hydrogen (secondary N) is 1. The molecule has 0 radical (unpaired) electrons. The first-order valence-electron chi connectivity index (χ1n) is 8.87. The summed E-state index contributed by atoms with van der Waals surface area (Å²) in [6.45, 7) is 2.58. The highest BCUT2D eigenvalue weighted by molar-refractivity contribution is 5.94. The van der Waals surface area contributed by atoms with Gasteiger partial charge in [-0.15, -0.1) is 0 Å². The van der Waals surface area contributed by atoms with Gasteiger partial charge in [-0.2, -0.15) is 5.26 Å². The highest BCUT2D eigenvalue weighted by Crippen LogP contribution is 2.27. The third-order valence-electron chi connectivity index (χ3n) is 4.77. The van der Waals surface area contributed by atoms with E-state index in [0.29, 0.717) is 17.7 Å². The second-order valence-corrected chi connectivity index (χ2v) is 6.44. The normalized spacial score (nSPS) is 15.2. The second-order valence-electron chi connectivity index (χ2n) is 6.44. The van der Waals surface area contributed by atoms with Gasteiger partial charge in [-0.1, -0.05) is 18.2 Å². The zero-order chi connectivity index (χ0) is 18.4. The zero-order valence-electron chi connectivity index (χ0n) is 14.9. The van der Waals surface area contributed by atoms with Crippen LogP contribution >= 0.6 is 0 Å². The Bertz CT molecular complexity index is 807. The van der Waals surface area contributed by atoms with Crippen molar-refractivity contribution in [2.45, 2.75) is 18.9 Å². The lowest BCUT2D eigenvalue weighted by molar-refractivity contribution is 0.0938. The van der Waals surface area contributed by atoms with Crippen molar-refractivity contribution in [1.29, 1.82) is 5.26 Å². The van der Waals surface area contributed by atoms with E-state index in [-0.39, 0.29) is 11.9 Å². The number of carbonyl (C=O) groups is 1. The summed E-state index contributed by atoms with van der Waals surface area (Å²) in [7, 11) is 1.66. The number of rotatable bonds is 6. The van der Waals surface area contributed by atoms with Gasteiger partial charge in [0.05, 0.1) is 24.8 Å². The van der Waals surface area contributed by atoms with E-state index >= 15 is 0 Å². The number of methoxy groups -OCH3 is 1. The highest BCUT2D eigenvalue weighted by Gasteiger charge is 2.24. The fourth-order valence-corrected chi connectivity index (χ4v) is 3.38. The maximum absolute atomic E-state index is 12.5. The number of nitrogens with zero attached hydrogens (tertiary/aromatic N) is 2. The van der Waals surface area contributed by atoms with Crippen LogP contribution in [0.1, 0.15) is 40.4 Å². The van der Waals surface area contributed by atoms with E-state index in [0.717, 1.165) is 24.4 Å². The average molecular weight is 349 g/mol. The standard InChI is InChI=1S/C21H23N3O2/c1-26-19-9-5-7-17(13-19)20(24-10-2-3-11-24)15-23-21(25)18-8-4-6-16(12-18)14-22/h4-9,12-13,20H,2-3,10-11,15H2,1H3,(H,23,25). The topological polar surface area (TPSA) is 65.4 Å². The number of ether oxygens (including phenoxy) is 1. The lowest BCUT2D eigenvalue weighted by Gasteiger charge is -2.28. The van der Waals surface area contributed by atoms with Crippen molar-refractivity contribution >= 4 is 5.91 Å². The van der Waals surface area contributed by atoms with E-state index in [2.05, 4.69) is 22.4 Å². The van der Waals surface area contributed by atoms with E-state index in [4.69, 9.17) is 10.00 Å². The highest BCUT2D eigenvalue weighted by atomic mass is 16.5. The maximum Gasteiger partial charge on any atom is 0.251 e. The largest absolute Gasteiger partial charge is 0.497 e. The Labute approximate surface area is 154 Å². The molecule has 0 aromatic heterocycles. The molecule has 2 aromatic carbocycles. The third kappa shape index (κ3) is 4.22. The molecule has 0 bridgehead atoms. The zero-order valence-corrected chi connectivity index (χ0v) is 14.9. The van der Waals surface area contributed by atoms with Crippen molar-refractivity contribution in [2.24, 2.45) is 0 Å². The molecular formula is C21H23N3O2. The van der Waals surface area contributed by atoms with Crippen molar-refractivity contribution in [2.75, 3.05) is 26.7 Å². The number of hydrogen-bond acceptors (Lipinski definition) is 4. The molecule has 3 rings (SSSR count). The smallest absolute Gasteiger partial charge is 0.251 e. The molecule has 0 aliphatic carbocycles. The second kappa shape index (κ2) is 8.50. The fourth-order valence-electron chi connectivity index (χ4n) is 3.38. The average Bonchev–Trinajstić information content (AvgIpc) is 3.22. The van der Waals surface area contributed by atoms with E-state index in [1.165, 1.54) is 12.8 Å². The Morgan fingerprint density at radius 3 is 2.73 bits per heavy atom. The van der Waals surface area contributed by atoms with E-state index in [9.17, 15) is 4.79 Å². The number of benzene rings is 2. The number of nitriles is 1. The number of amides is 1. The van der Waals surface area contributed by atoms with Crippen molar-refractivity contribution in [3.8, 4) is 11.8 Å². The molecule has 1 aliphatic heterocycles. The van der Waals surface area contributed by atoms with Crippen LogP contribution in [0.5, 0.6) is 5.75 Å². The van der Waals surface area contributed by atoms with Gasteiger partial charge >= 0.3 is 0 Å². The molecule has 5 nitrogen and oxygen atoms in total. The summed E-state index contributed by atoms with van der Waals surface area (Å²) in [4.78, 5) is 14.9. The fraction of sp³-hybridized carbons (Fsp3) is 0.333. The van der Waals surface area contributed by atoms with Crippen molar-refractivity contribution < 1.29 is 9.53 Å². The Morgan fingerprint density at radius 1 is 1.23 bits per heavy atom. The molecule has 1 amide bonds. The Hall–Kier alpha value is -2.84. The van der Waals surface area contributed by atoms with E-state index in [1.54, 1.807) is 31.4 Å². The molecule has 134 valence electrons. The van der Waals surface area contributed by atoms with Crippen molar-refractivity contribution in [1.82, 2.24) is 10.2 Å². The molecule has 26 heavy (non-hydrogen) atoms. The van der Waals surface area contributed by atoms with Gasteiger partial charge in [0, 0.05) is 12.1 Å². The predicted octanol–water partition coefficient (Wildman–Crippen LogP) is 3.13. The van der Waals surface area contributed by atoms with Crippen LogP contribution in [0.2, 0.25) is 0 Å². The molecular weight excluding hydrogens is 326 g/mol. The van der Waals surface area contributed by atoms with Gasteiger partial charge in [0.25, 0.3) is 5.91 Å². The number of carbonyl (C=O) groups excluding carboxylic acids is 1. The van der Waals surface area contributed by atoms with Gasteiger partial charge in [-0.25, -0.2) is 0 Å². The minimum Gasteiger partial charge on any atom is -0.497 e. The molecule has 1 aliphatic rings. The van der Waals surface area contributed by atoms with Gasteiger partial charge in [-0.05, 0) is 61.8 Å². The quantitative estimate of drug-likeness (QED) is 0.870. The molecule has 0 spiro atoms. The minimum absolute atomic E-state index is 0.107. The molecule has 1 unspecified atom stereocenters. The van der Waals surface area contributed by atoms with Crippen molar-refractivity contribution in [3.05, 3.63) is 65.2 Å². The van der Waals surface area contributed by atoms with Crippen LogP contribution in [0.25, 0.3) is 0 Å². The van der Waals surface area contributed by atoms with Crippen LogP contribution < -0.4 is 10.1 Å². The molecule has 1 fully saturated rings. The maximum atomic E-state index is 12.5. The predicted molar refractivity (Wildman–Crippen MR) is 100 cm³/mol. The number of hydrogen-bond donors (Lipinski definition) is 1. The third-order valence-corrected chi connectivity index (χ3v) is 4.77.